The number of hydrogen-bond donors (Lipinski definition) is 2. The lowest BCUT2D eigenvalue weighted by atomic mass is 10.1. The molecule has 2 heteroatoms. The lowest BCUT2D eigenvalue weighted by Gasteiger charge is -2.09. The Hall–Kier alpha value is -0.860. The molecular weight excluding hydrogens is 186 g/mol. The summed E-state index contributed by atoms with van der Waals surface area (Å²) in [6, 6.07) is 8.48. The van der Waals surface area contributed by atoms with Crippen molar-refractivity contribution in [2.24, 2.45) is 0 Å². The molecule has 0 aliphatic carbocycles. The highest BCUT2D eigenvalue weighted by molar-refractivity contribution is 5.21. The number of rotatable bonds is 6. The Kier molecular flexibility index (Phi) is 5.37. The second-order valence-corrected chi connectivity index (χ2v) is 4.02. The molecule has 1 aromatic carbocycles. The van der Waals surface area contributed by atoms with Crippen molar-refractivity contribution < 1.29 is 5.11 Å². The van der Waals surface area contributed by atoms with E-state index in [1.54, 1.807) is 0 Å². The van der Waals surface area contributed by atoms with E-state index in [1.165, 1.54) is 11.1 Å². The van der Waals surface area contributed by atoms with E-state index >= 15 is 0 Å². The van der Waals surface area contributed by atoms with Gasteiger partial charge in [0.2, 0.25) is 0 Å². The zero-order chi connectivity index (χ0) is 11.1. The number of aryl methyl sites for hydroxylation is 1. The fourth-order valence-electron chi connectivity index (χ4n) is 1.53. The molecule has 0 aromatic heterocycles. The zero-order valence-electron chi connectivity index (χ0n) is 9.66. The van der Waals surface area contributed by atoms with Crippen molar-refractivity contribution in [1.29, 1.82) is 0 Å². The van der Waals surface area contributed by atoms with Crippen LogP contribution in [0.25, 0.3) is 0 Å². The first-order valence-electron chi connectivity index (χ1n) is 5.66. The summed E-state index contributed by atoms with van der Waals surface area (Å²) in [4.78, 5) is 0. The van der Waals surface area contributed by atoms with Crippen LogP contribution in [0.5, 0.6) is 0 Å². The maximum absolute atomic E-state index is 9.36. The first-order chi connectivity index (χ1) is 7.22. The maximum Gasteiger partial charge on any atom is 0.0549 e. The molecule has 84 valence electrons. The van der Waals surface area contributed by atoms with Crippen LogP contribution >= 0.6 is 0 Å². The van der Waals surface area contributed by atoms with E-state index in [1.807, 2.05) is 6.92 Å². The van der Waals surface area contributed by atoms with E-state index in [9.17, 15) is 5.11 Å². The molecule has 0 saturated heterocycles. The van der Waals surface area contributed by atoms with E-state index in [0.717, 1.165) is 25.9 Å². The third-order valence-corrected chi connectivity index (χ3v) is 2.54. The summed E-state index contributed by atoms with van der Waals surface area (Å²) in [5.74, 6) is 0. The molecule has 1 rings (SSSR count). The number of aliphatic hydroxyl groups is 1. The van der Waals surface area contributed by atoms with Gasteiger partial charge < -0.3 is 10.4 Å². The van der Waals surface area contributed by atoms with Crippen LogP contribution in [0.15, 0.2) is 24.3 Å². The lowest BCUT2D eigenvalue weighted by molar-refractivity contribution is 0.159. The summed E-state index contributed by atoms with van der Waals surface area (Å²) in [6.07, 6.45) is 1.52. The Bertz CT molecular complexity index is 286. The van der Waals surface area contributed by atoms with Gasteiger partial charge in [-0.3, -0.25) is 0 Å². The third-order valence-electron chi connectivity index (χ3n) is 2.54. The molecule has 1 atom stereocenters. The van der Waals surface area contributed by atoms with Gasteiger partial charge in [-0.1, -0.05) is 36.8 Å². The van der Waals surface area contributed by atoms with Gasteiger partial charge >= 0.3 is 0 Å². The number of hydrogen-bond acceptors (Lipinski definition) is 2. The fourth-order valence-corrected chi connectivity index (χ4v) is 1.53. The van der Waals surface area contributed by atoms with Gasteiger partial charge in [-0.15, -0.1) is 0 Å². The van der Waals surface area contributed by atoms with Gasteiger partial charge in [-0.2, -0.15) is 0 Å². The van der Waals surface area contributed by atoms with Crippen LogP contribution in [-0.2, 0) is 6.54 Å². The Balaban J connectivity index is 2.20. The summed E-state index contributed by atoms with van der Waals surface area (Å²) < 4.78 is 0. The summed E-state index contributed by atoms with van der Waals surface area (Å²) in [6.45, 7) is 5.87. The van der Waals surface area contributed by atoms with Gasteiger partial charge in [0, 0.05) is 6.54 Å². The van der Waals surface area contributed by atoms with Gasteiger partial charge in [-0.05, 0) is 31.9 Å². The Morgan fingerprint density at radius 3 is 2.87 bits per heavy atom. The summed E-state index contributed by atoms with van der Waals surface area (Å²) >= 11 is 0. The van der Waals surface area contributed by atoms with Crippen molar-refractivity contribution in [3.8, 4) is 0 Å². The quantitative estimate of drug-likeness (QED) is 0.701. The predicted molar refractivity (Wildman–Crippen MR) is 63.8 cm³/mol. The average Bonchev–Trinajstić information content (AvgIpc) is 2.24. The van der Waals surface area contributed by atoms with Crippen molar-refractivity contribution in [3.63, 3.8) is 0 Å². The van der Waals surface area contributed by atoms with Crippen molar-refractivity contribution in [1.82, 2.24) is 5.32 Å². The minimum absolute atomic E-state index is 0.157. The van der Waals surface area contributed by atoms with Crippen molar-refractivity contribution >= 4 is 0 Å². The Morgan fingerprint density at radius 2 is 2.20 bits per heavy atom. The Morgan fingerprint density at radius 1 is 1.40 bits per heavy atom. The SMILES string of the molecule is CCC(O)CCNCc1cccc(C)c1. The zero-order valence-corrected chi connectivity index (χ0v) is 9.66. The maximum atomic E-state index is 9.36. The van der Waals surface area contributed by atoms with E-state index < -0.39 is 0 Å². The highest BCUT2D eigenvalue weighted by atomic mass is 16.3. The minimum Gasteiger partial charge on any atom is -0.393 e. The molecule has 2 nitrogen and oxygen atoms in total. The summed E-state index contributed by atoms with van der Waals surface area (Å²) in [7, 11) is 0. The molecule has 0 radical (unpaired) electrons. The van der Waals surface area contributed by atoms with Crippen LogP contribution < -0.4 is 5.32 Å². The van der Waals surface area contributed by atoms with E-state index in [4.69, 9.17) is 0 Å². The molecule has 1 unspecified atom stereocenters. The summed E-state index contributed by atoms with van der Waals surface area (Å²) in [5.41, 5.74) is 2.60. The van der Waals surface area contributed by atoms with Crippen LogP contribution in [-0.4, -0.2) is 17.8 Å². The molecule has 0 aliphatic heterocycles. The van der Waals surface area contributed by atoms with Gasteiger partial charge in [0.25, 0.3) is 0 Å². The van der Waals surface area contributed by atoms with Gasteiger partial charge in [-0.25, -0.2) is 0 Å². The Labute approximate surface area is 92.3 Å². The fraction of sp³-hybridized carbons (Fsp3) is 0.538. The largest absolute Gasteiger partial charge is 0.393 e. The molecule has 0 fully saturated rings. The van der Waals surface area contributed by atoms with Crippen molar-refractivity contribution in [2.75, 3.05) is 6.54 Å². The van der Waals surface area contributed by atoms with Gasteiger partial charge in [0.05, 0.1) is 6.10 Å². The monoisotopic (exact) mass is 207 g/mol. The van der Waals surface area contributed by atoms with Crippen LogP contribution in [0.2, 0.25) is 0 Å². The van der Waals surface area contributed by atoms with Gasteiger partial charge in [0.15, 0.2) is 0 Å². The molecule has 0 aliphatic rings. The standard InChI is InChI=1S/C13H21NO/c1-3-13(15)7-8-14-10-12-6-4-5-11(2)9-12/h4-6,9,13-15H,3,7-8,10H2,1-2H3. The molecular formula is C13H21NO. The first-order valence-corrected chi connectivity index (χ1v) is 5.66. The van der Waals surface area contributed by atoms with Crippen LogP contribution in [0.3, 0.4) is 0 Å². The van der Waals surface area contributed by atoms with Crippen molar-refractivity contribution in [3.05, 3.63) is 35.4 Å². The average molecular weight is 207 g/mol. The number of aliphatic hydroxyl groups excluding tert-OH is 1. The third kappa shape index (κ3) is 4.96. The molecule has 2 N–H and O–H groups in total. The number of benzene rings is 1. The second kappa shape index (κ2) is 6.59. The minimum atomic E-state index is -0.157. The molecule has 15 heavy (non-hydrogen) atoms. The van der Waals surface area contributed by atoms with E-state index in [-0.39, 0.29) is 6.10 Å². The highest BCUT2D eigenvalue weighted by Gasteiger charge is 1.99. The molecule has 0 heterocycles. The summed E-state index contributed by atoms with van der Waals surface area (Å²) in [5, 5.41) is 12.7. The lowest BCUT2D eigenvalue weighted by Crippen LogP contribution is -2.19. The highest BCUT2D eigenvalue weighted by Crippen LogP contribution is 2.03. The van der Waals surface area contributed by atoms with Gasteiger partial charge in [0.1, 0.15) is 0 Å². The second-order valence-electron chi connectivity index (χ2n) is 4.02. The van der Waals surface area contributed by atoms with Crippen LogP contribution in [0.1, 0.15) is 30.9 Å². The topological polar surface area (TPSA) is 32.3 Å². The normalized spacial score (nSPS) is 12.7. The number of nitrogens with one attached hydrogen (secondary N) is 1. The van der Waals surface area contributed by atoms with Crippen molar-refractivity contribution in [2.45, 2.75) is 39.3 Å². The molecule has 0 spiro atoms. The predicted octanol–water partition coefficient (Wildman–Crippen LogP) is 2.25. The molecule has 0 amide bonds. The molecule has 0 saturated carbocycles. The molecule has 1 aromatic rings. The smallest absolute Gasteiger partial charge is 0.0549 e. The first kappa shape index (κ1) is 12.2. The van der Waals surface area contributed by atoms with Crippen LogP contribution in [0, 0.1) is 6.92 Å². The van der Waals surface area contributed by atoms with E-state index in [0.29, 0.717) is 0 Å². The van der Waals surface area contributed by atoms with Crippen LogP contribution in [0.4, 0.5) is 0 Å². The van der Waals surface area contributed by atoms with E-state index in [2.05, 4.69) is 36.5 Å². The molecule has 0 bridgehead atoms.